The van der Waals surface area contributed by atoms with Gasteiger partial charge in [0.25, 0.3) is 5.91 Å². The average Bonchev–Trinajstić information content (AvgIpc) is 2.95. The molecule has 0 saturated heterocycles. The molecule has 3 aromatic rings. The number of amides is 1. The van der Waals surface area contributed by atoms with Gasteiger partial charge in [0.1, 0.15) is 10.6 Å². The SMILES string of the molecule is COc1cccc(C(C)NC(=O)c2sc3c(Cl)c(Cl)ccc3c2Cl)c1. The second kappa shape index (κ2) is 7.42. The van der Waals surface area contributed by atoms with Crippen molar-refractivity contribution in [1.29, 1.82) is 0 Å². The summed E-state index contributed by atoms with van der Waals surface area (Å²) in [7, 11) is 1.61. The molecule has 0 saturated carbocycles. The molecule has 130 valence electrons. The lowest BCUT2D eigenvalue weighted by Gasteiger charge is -2.14. The Morgan fingerprint density at radius 3 is 2.64 bits per heavy atom. The molecule has 0 aliphatic heterocycles. The smallest absolute Gasteiger partial charge is 0.263 e. The zero-order chi connectivity index (χ0) is 18.1. The second-order valence-electron chi connectivity index (χ2n) is 5.45. The van der Waals surface area contributed by atoms with Crippen molar-refractivity contribution in [1.82, 2.24) is 5.32 Å². The van der Waals surface area contributed by atoms with Crippen LogP contribution in [-0.4, -0.2) is 13.0 Å². The Kier molecular flexibility index (Phi) is 5.44. The predicted octanol–water partition coefficient (Wildman–Crippen LogP) is 6.36. The fraction of sp³-hybridized carbons (Fsp3) is 0.167. The summed E-state index contributed by atoms with van der Waals surface area (Å²) in [5, 5.41) is 4.90. The lowest BCUT2D eigenvalue weighted by atomic mass is 10.1. The number of hydrogen-bond donors (Lipinski definition) is 1. The molecule has 0 aliphatic carbocycles. The first-order valence-electron chi connectivity index (χ1n) is 7.43. The van der Waals surface area contributed by atoms with Gasteiger partial charge in [0.05, 0.1) is 32.9 Å². The molecule has 0 aliphatic rings. The van der Waals surface area contributed by atoms with Gasteiger partial charge in [-0.15, -0.1) is 11.3 Å². The minimum atomic E-state index is -0.256. The van der Waals surface area contributed by atoms with E-state index in [2.05, 4.69) is 5.32 Å². The van der Waals surface area contributed by atoms with Gasteiger partial charge in [-0.2, -0.15) is 0 Å². The van der Waals surface area contributed by atoms with Crippen LogP contribution in [0.1, 0.15) is 28.2 Å². The molecule has 1 atom stereocenters. The summed E-state index contributed by atoms with van der Waals surface area (Å²) in [4.78, 5) is 13.1. The third-order valence-electron chi connectivity index (χ3n) is 3.84. The van der Waals surface area contributed by atoms with E-state index < -0.39 is 0 Å². The molecule has 2 aromatic carbocycles. The van der Waals surface area contributed by atoms with Crippen molar-refractivity contribution in [2.75, 3.05) is 7.11 Å². The standard InChI is InChI=1S/C18H14Cl3NO2S/c1-9(10-4-3-5-11(8-10)24-2)22-18(23)17-14(20)12-6-7-13(19)15(21)16(12)25-17/h3-9H,1-2H3,(H,22,23). The van der Waals surface area contributed by atoms with Crippen LogP contribution in [0.5, 0.6) is 5.75 Å². The van der Waals surface area contributed by atoms with Crippen molar-refractivity contribution in [3.05, 3.63) is 61.9 Å². The Bertz CT molecular complexity index is 955. The number of carbonyl (C=O) groups excluding carboxylic acids is 1. The van der Waals surface area contributed by atoms with Crippen molar-refractivity contribution in [3.63, 3.8) is 0 Å². The first-order valence-corrected chi connectivity index (χ1v) is 9.38. The van der Waals surface area contributed by atoms with E-state index in [1.807, 2.05) is 31.2 Å². The fourth-order valence-corrected chi connectivity index (χ4v) is 4.42. The molecule has 1 N–H and O–H groups in total. The van der Waals surface area contributed by atoms with E-state index in [-0.39, 0.29) is 11.9 Å². The Morgan fingerprint density at radius 2 is 1.92 bits per heavy atom. The van der Waals surface area contributed by atoms with E-state index in [1.165, 1.54) is 11.3 Å². The molecular formula is C18H14Cl3NO2S. The number of halogens is 3. The number of nitrogens with one attached hydrogen (secondary N) is 1. The molecule has 25 heavy (non-hydrogen) atoms. The topological polar surface area (TPSA) is 38.3 Å². The van der Waals surface area contributed by atoms with Gasteiger partial charge in [0.2, 0.25) is 0 Å². The van der Waals surface area contributed by atoms with Gasteiger partial charge in [-0.3, -0.25) is 4.79 Å². The minimum absolute atomic E-state index is 0.206. The largest absolute Gasteiger partial charge is 0.497 e. The van der Waals surface area contributed by atoms with Gasteiger partial charge < -0.3 is 10.1 Å². The monoisotopic (exact) mass is 413 g/mol. The summed E-state index contributed by atoms with van der Waals surface area (Å²) in [6, 6.07) is 10.8. The second-order valence-corrected chi connectivity index (χ2v) is 7.64. The number of methoxy groups -OCH3 is 1. The summed E-state index contributed by atoms with van der Waals surface area (Å²) in [6.45, 7) is 1.90. The highest BCUT2D eigenvalue weighted by Gasteiger charge is 2.21. The van der Waals surface area contributed by atoms with Crippen molar-refractivity contribution >= 4 is 62.1 Å². The highest BCUT2D eigenvalue weighted by Crippen LogP contribution is 2.42. The maximum Gasteiger partial charge on any atom is 0.263 e. The van der Waals surface area contributed by atoms with Gasteiger partial charge in [0.15, 0.2) is 0 Å². The Balaban J connectivity index is 1.89. The molecular weight excluding hydrogens is 401 g/mol. The Labute approximate surface area is 164 Å². The average molecular weight is 415 g/mol. The fourth-order valence-electron chi connectivity index (χ4n) is 2.48. The van der Waals surface area contributed by atoms with Crippen LogP contribution in [0.25, 0.3) is 10.1 Å². The minimum Gasteiger partial charge on any atom is -0.497 e. The summed E-state index contributed by atoms with van der Waals surface area (Å²) in [5.41, 5.74) is 0.936. The van der Waals surface area contributed by atoms with Crippen molar-refractivity contribution < 1.29 is 9.53 Å². The number of ether oxygens (including phenoxy) is 1. The maximum absolute atomic E-state index is 12.7. The van der Waals surface area contributed by atoms with Crippen LogP contribution in [-0.2, 0) is 0 Å². The van der Waals surface area contributed by atoms with E-state index in [0.29, 0.717) is 24.6 Å². The molecule has 0 bridgehead atoms. The van der Waals surface area contributed by atoms with E-state index in [9.17, 15) is 4.79 Å². The quantitative estimate of drug-likeness (QED) is 0.539. The molecule has 1 unspecified atom stereocenters. The molecule has 1 aromatic heterocycles. The molecule has 0 fully saturated rings. The van der Waals surface area contributed by atoms with Crippen molar-refractivity contribution in [2.45, 2.75) is 13.0 Å². The van der Waals surface area contributed by atoms with Crippen LogP contribution in [0.3, 0.4) is 0 Å². The van der Waals surface area contributed by atoms with Gasteiger partial charge in [-0.1, -0.05) is 53.0 Å². The lowest BCUT2D eigenvalue weighted by molar-refractivity contribution is 0.0944. The van der Waals surface area contributed by atoms with Crippen LogP contribution in [0.15, 0.2) is 36.4 Å². The zero-order valence-electron chi connectivity index (χ0n) is 13.4. The summed E-state index contributed by atoms with van der Waals surface area (Å²) in [5.74, 6) is 0.480. The van der Waals surface area contributed by atoms with Gasteiger partial charge in [0, 0.05) is 5.39 Å². The summed E-state index contributed by atoms with van der Waals surface area (Å²) < 4.78 is 5.93. The molecule has 1 heterocycles. The highest BCUT2D eigenvalue weighted by atomic mass is 35.5. The van der Waals surface area contributed by atoms with Crippen LogP contribution >= 0.6 is 46.1 Å². The molecule has 3 nitrogen and oxygen atoms in total. The molecule has 0 radical (unpaired) electrons. The molecule has 3 rings (SSSR count). The number of carbonyl (C=O) groups is 1. The molecule has 0 spiro atoms. The van der Waals surface area contributed by atoms with Crippen LogP contribution in [0, 0.1) is 0 Å². The Morgan fingerprint density at radius 1 is 1.16 bits per heavy atom. The summed E-state index contributed by atoms with van der Waals surface area (Å²) >= 11 is 19.9. The molecule has 1 amide bonds. The number of rotatable bonds is 4. The maximum atomic E-state index is 12.7. The van der Waals surface area contributed by atoms with Gasteiger partial charge in [-0.25, -0.2) is 0 Å². The first kappa shape index (κ1) is 18.3. The number of thiophene rings is 1. The van der Waals surface area contributed by atoms with Gasteiger partial charge >= 0.3 is 0 Å². The van der Waals surface area contributed by atoms with E-state index >= 15 is 0 Å². The normalized spacial score (nSPS) is 12.2. The zero-order valence-corrected chi connectivity index (χ0v) is 16.5. The van der Waals surface area contributed by atoms with E-state index in [4.69, 9.17) is 39.5 Å². The number of hydrogen-bond acceptors (Lipinski definition) is 3. The number of benzene rings is 2. The van der Waals surface area contributed by atoms with E-state index in [1.54, 1.807) is 19.2 Å². The third-order valence-corrected chi connectivity index (χ3v) is 6.48. The van der Waals surface area contributed by atoms with Gasteiger partial charge in [-0.05, 0) is 30.7 Å². The molecule has 7 heteroatoms. The highest BCUT2D eigenvalue weighted by molar-refractivity contribution is 7.22. The number of fused-ring (bicyclic) bond motifs is 1. The van der Waals surface area contributed by atoms with Crippen molar-refractivity contribution in [2.24, 2.45) is 0 Å². The predicted molar refractivity (Wildman–Crippen MR) is 106 cm³/mol. The van der Waals surface area contributed by atoms with Crippen LogP contribution in [0.4, 0.5) is 0 Å². The first-order chi connectivity index (χ1) is 11.9. The Hall–Kier alpha value is -1.46. The summed E-state index contributed by atoms with van der Waals surface area (Å²) in [6.07, 6.45) is 0. The van der Waals surface area contributed by atoms with Crippen LogP contribution < -0.4 is 10.1 Å². The van der Waals surface area contributed by atoms with Crippen LogP contribution in [0.2, 0.25) is 15.1 Å². The third kappa shape index (κ3) is 3.58. The van der Waals surface area contributed by atoms with E-state index in [0.717, 1.165) is 16.7 Å². The lowest BCUT2D eigenvalue weighted by Crippen LogP contribution is -2.26. The van der Waals surface area contributed by atoms with Crippen molar-refractivity contribution in [3.8, 4) is 5.75 Å².